The molecule has 0 aromatic rings. The van der Waals surface area contributed by atoms with Crippen LogP contribution >= 0.6 is 0 Å². The van der Waals surface area contributed by atoms with Crippen molar-refractivity contribution in [2.24, 2.45) is 5.92 Å². The molecule has 17 heavy (non-hydrogen) atoms. The summed E-state index contributed by atoms with van der Waals surface area (Å²) in [4.78, 5) is 13.7. The van der Waals surface area contributed by atoms with Gasteiger partial charge in [0.2, 0.25) is 5.91 Å². The molecule has 2 N–H and O–H groups in total. The molecule has 2 fully saturated rings. The summed E-state index contributed by atoms with van der Waals surface area (Å²) < 4.78 is 5.50. The van der Waals surface area contributed by atoms with Gasteiger partial charge in [0.05, 0.1) is 25.4 Å². The minimum Gasteiger partial charge on any atom is -0.394 e. The minimum atomic E-state index is -0.230. The average molecular weight is 242 g/mol. The van der Waals surface area contributed by atoms with E-state index in [2.05, 4.69) is 5.32 Å². The maximum Gasteiger partial charge on any atom is 0.236 e. The zero-order valence-corrected chi connectivity index (χ0v) is 10.4. The van der Waals surface area contributed by atoms with Gasteiger partial charge in [-0.05, 0) is 32.2 Å². The number of hydrogen-bond acceptors (Lipinski definition) is 4. The molecular weight excluding hydrogens is 220 g/mol. The fraction of sp³-hybridized carbons (Fsp3) is 0.917. The number of hydrogen-bond donors (Lipinski definition) is 2. The molecule has 5 heteroatoms. The maximum atomic E-state index is 11.9. The molecule has 1 aliphatic carbocycles. The molecule has 1 heterocycles. The summed E-state index contributed by atoms with van der Waals surface area (Å²) in [7, 11) is 0. The molecule has 0 spiro atoms. The van der Waals surface area contributed by atoms with Gasteiger partial charge in [-0.2, -0.15) is 0 Å². The molecule has 98 valence electrons. The maximum absolute atomic E-state index is 11.9. The van der Waals surface area contributed by atoms with Gasteiger partial charge >= 0.3 is 0 Å². The molecule has 0 aromatic heterocycles. The molecule has 2 rings (SSSR count). The topological polar surface area (TPSA) is 61.8 Å². The van der Waals surface area contributed by atoms with Gasteiger partial charge in [-0.15, -0.1) is 0 Å². The Morgan fingerprint density at radius 1 is 1.47 bits per heavy atom. The minimum absolute atomic E-state index is 0.00767. The van der Waals surface area contributed by atoms with Crippen molar-refractivity contribution in [2.45, 2.75) is 32.0 Å². The number of aliphatic hydroxyl groups excluding tert-OH is 1. The SMILES string of the molecule is CC1CN(C(=O)CNCC2CC2)CC(CO)O1. The van der Waals surface area contributed by atoms with Crippen molar-refractivity contribution in [3.63, 3.8) is 0 Å². The fourth-order valence-corrected chi connectivity index (χ4v) is 2.17. The molecule has 0 radical (unpaired) electrons. The van der Waals surface area contributed by atoms with Crippen molar-refractivity contribution in [3.8, 4) is 0 Å². The normalized spacial score (nSPS) is 29.4. The molecule has 1 amide bonds. The monoisotopic (exact) mass is 242 g/mol. The van der Waals surface area contributed by atoms with Crippen LogP contribution in [0.3, 0.4) is 0 Å². The summed E-state index contributed by atoms with van der Waals surface area (Å²) in [5, 5.41) is 12.3. The van der Waals surface area contributed by atoms with Crippen molar-refractivity contribution in [1.82, 2.24) is 10.2 Å². The van der Waals surface area contributed by atoms with Gasteiger partial charge in [0, 0.05) is 13.1 Å². The Morgan fingerprint density at radius 3 is 2.88 bits per heavy atom. The summed E-state index contributed by atoms with van der Waals surface area (Å²) in [6.45, 7) is 4.39. The van der Waals surface area contributed by atoms with Crippen molar-refractivity contribution < 1.29 is 14.6 Å². The molecule has 2 unspecified atom stereocenters. The first-order chi connectivity index (χ1) is 8.19. The highest BCUT2D eigenvalue weighted by Crippen LogP contribution is 2.27. The lowest BCUT2D eigenvalue weighted by molar-refractivity contribution is -0.146. The Labute approximate surface area is 102 Å². The Kier molecular flexibility index (Phi) is 4.36. The Balaban J connectivity index is 1.72. The highest BCUT2D eigenvalue weighted by atomic mass is 16.5. The zero-order valence-electron chi connectivity index (χ0n) is 10.4. The third-order valence-electron chi connectivity index (χ3n) is 3.29. The van der Waals surface area contributed by atoms with Crippen LogP contribution in [0.25, 0.3) is 0 Å². The van der Waals surface area contributed by atoms with E-state index in [1.807, 2.05) is 6.92 Å². The van der Waals surface area contributed by atoms with E-state index in [9.17, 15) is 4.79 Å². The van der Waals surface area contributed by atoms with E-state index in [1.165, 1.54) is 12.8 Å². The van der Waals surface area contributed by atoms with E-state index in [-0.39, 0.29) is 24.7 Å². The molecule has 1 saturated heterocycles. The van der Waals surface area contributed by atoms with Crippen LogP contribution in [0.2, 0.25) is 0 Å². The van der Waals surface area contributed by atoms with E-state index in [0.29, 0.717) is 19.6 Å². The van der Waals surface area contributed by atoms with Crippen LogP contribution in [0.15, 0.2) is 0 Å². The van der Waals surface area contributed by atoms with Crippen molar-refractivity contribution in [2.75, 3.05) is 32.8 Å². The second-order valence-corrected chi connectivity index (χ2v) is 5.12. The van der Waals surface area contributed by atoms with Gasteiger partial charge in [0.1, 0.15) is 0 Å². The first-order valence-electron chi connectivity index (χ1n) is 6.44. The Bertz CT molecular complexity index is 268. The predicted octanol–water partition coefficient (Wildman–Crippen LogP) is -0.406. The van der Waals surface area contributed by atoms with E-state index < -0.39 is 0 Å². The van der Waals surface area contributed by atoms with Crippen LogP contribution in [0.4, 0.5) is 0 Å². The lowest BCUT2D eigenvalue weighted by Crippen LogP contribution is -2.52. The van der Waals surface area contributed by atoms with Crippen molar-refractivity contribution in [3.05, 3.63) is 0 Å². The summed E-state index contributed by atoms with van der Waals surface area (Å²) in [5.41, 5.74) is 0. The summed E-state index contributed by atoms with van der Waals surface area (Å²) in [5.74, 6) is 0.899. The first kappa shape index (κ1) is 12.8. The second-order valence-electron chi connectivity index (χ2n) is 5.12. The van der Waals surface area contributed by atoms with Crippen LogP contribution < -0.4 is 5.32 Å². The predicted molar refractivity (Wildman–Crippen MR) is 63.6 cm³/mol. The fourth-order valence-electron chi connectivity index (χ4n) is 2.17. The van der Waals surface area contributed by atoms with E-state index in [4.69, 9.17) is 9.84 Å². The summed E-state index contributed by atoms with van der Waals surface area (Å²) in [6.07, 6.45) is 2.37. The van der Waals surface area contributed by atoms with E-state index in [0.717, 1.165) is 12.5 Å². The number of morpholine rings is 1. The van der Waals surface area contributed by atoms with Gasteiger partial charge in [0.15, 0.2) is 0 Å². The largest absolute Gasteiger partial charge is 0.394 e. The lowest BCUT2D eigenvalue weighted by atomic mass is 10.2. The number of aliphatic hydroxyl groups is 1. The van der Waals surface area contributed by atoms with Crippen molar-refractivity contribution in [1.29, 1.82) is 0 Å². The zero-order chi connectivity index (χ0) is 12.3. The van der Waals surface area contributed by atoms with Gasteiger partial charge in [-0.1, -0.05) is 0 Å². The van der Waals surface area contributed by atoms with Gasteiger partial charge < -0.3 is 20.1 Å². The van der Waals surface area contributed by atoms with Crippen LogP contribution in [-0.2, 0) is 9.53 Å². The molecule has 1 saturated carbocycles. The van der Waals surface area contributed by atoms with Crippen LogP contribution in [-0.4, -0.2) is 60.9 Å². The van der Waals surface area contributed by atoms with Crippen LogP contribution in [0, 0.1) is 5.92 Å². The number of nitrogens with zero attached hydrogens (tertiary/aromatic N) is 1. The third kappa shape index (κ3) is 3.94. The molecule has 0 bridgehead atoms. The standard InChI is InChI=1S/C12H22N2O3/c1-9-6-14(7-11(8-15)17-9)12(16)5-13-4-10-2-3-10/h9-11,13,15H,2-8H2,1H3. The van der Waals surface area contributed by atoms with Gasteiger partial charge in [-0.3, -0.25) is 4.79 Å². The first-order valence-corrected chi connectivity index (χ1v) is 6.44. The number of nitrogens with one attached hydrogen (secondary N) is 1. The highest BCUT2D eigenvalue weighted by Gasteiger charge is 2.28. The molecular formula is C12H22N2O3. The smallest absolute Gasteiger partial charge is 0.236 e. The summed E-state index contributed by atoms with van der Waals surface area (Å²) in [6, 6.07) is 0. The van der Waals surface area contributed by atoms with Gasteiger partial charge in [-0.25, -0.2) is 0 Å². The molecule has 5 nitrogen and oxygen atoms in total. The summed E-state index contributed by atoms with van der Waals surface area (Å²) >= 11 is 0. The molecule has 0 aromatic carbocycles. The number of carbonyl (C=O) groups is 1. The van der Waals surface area contributed by atoms with E-state index >= 15 is 0 Å². The number of ether oxygens (including phenoxy) is 1. The second kappa shape index (κ2) is 5.80. The number of rotatable bonds is 5. The average Bonchev–Trinajstić information content (AvgIpc) is 3.12. The highest BCUT2D eigenvalue weighted by molar-refractivity contribution is 5.78. The number of carbonyl (C=O) groups excluding carboxylic acids is 1. The Morgan fingerprint density at radius 2 is 2.24 bits per heavy atom. The quantitative estimate of drug-likeness (QED) is 0.688. The van der Waals surface area contributed by atoms with Gasteiger partial charge in [0.25, 0.3) is 0 Å². The number of amides is 1. The van der Waals surface area contributed by atoms with E-state index in [1.54, 1.807) is 4.90 Å². The molecule has 1 aliphatic heterocycles. The molecule has 2 atom stereocenters. The lowest BCUT2D eigenvalue weighted by Gasteiger charge is -2.36. The molecule has 2 aliphatic rings. The van der Waals surface area contributed by atoms with Crippen molar-refractivity contribution >= 4 is 5.91 Å². The van der Waals surface area contributed by atoms with Crippen LogP contribution in [0.1, 0.15) is 19.8 Å². The third-order valence-corrected chi connectivity index (χ3v) is 3.29. The van der Waals surface area contributed by atoms with Crippen LogP contribution in [0.5, 0.6) is 0 Å². The Hall–Kier alpha value is -0.650.